The third-order valence-electron chi connectivity index (χ3n) is 1.85. The summed E-state index contributed by atoms with van der Waals surface area (Å²) in [6, 6.07) is 4.82. The molecule has 1 unspecified atom stereocenters. The maximum Gasteiger partial charge on any atom is 0.272 e. The van der Waals surface area contributed by atoms with E-state index >= 15 is 0 Å². The summed E-state index contributed by atoms with van der Waals surface area (Å²) in [7, 11) is 0.0165. The molecule has 0 bridgehead atoms. The molecule has 4 nitrogen and oxygen atoms in total. The van der Waals surface area contributed by atoms with Gasteiger partial charge in [-0.15, -0.1) is 0 Å². The fraction of sp³-hybridized carbons (Fsp3) is 0.125. The van der Waals surface area contributed by atoms with E-state index in [-0.39, 0.29) is 16.2 Å². The van der Waals surface area contributed by atoms with Crippen molar-refractivity contribution in [3.63, 3.8) is 0 Å². The number of aryl methyl sites for hydroxylation is 1. The average molecular weight is 195 g/mol. The number of aromatic nitrogens is 1. The van der Waals surface area contributed by atoms with Gasteiger partial charge in [-0.2, -0.15) is 4.98 Å². The van der Waals surface area contributed by atoms with Crippen molar-refractivity contribution in [2.75, 3.05) is 0 Å². The highest BCUT2D eigenvalue weighted by atomic mass is 32.2. The van der Waals surface area contributed by atoms with Gasteiger partial charge in [0.15, 0.2) is 0 Å². The second kappa shape index (κ2) is 2.77. The molecule has 0 amide bonds. The monoisotopic (exact) mass is 195 g/mol. The van der Waals surface area contributed by atoms with Gasteiger partial charge >= 0.3 is 0 Å². The molecule has 0 saturated carbocycles. The molecule has 0 aliphatic heterocycles. The van der Waals surface area contributed by atoms with Crippen LogP contribution in [0.1, 0.15) is 0 Å². The molecule has 13 heavy (non-hydrogen) atoms. The number of non-ortho nitro benzene ring substituents is 1. The van der Waals surface area contributed by atoms with E-state index in [1.165, 1.54) is 12.1 Å². The molecule has 2 rings (SSSR count). The van der Waals surface area contributed by atoms with Gasteiger partial charge in [-0.3, -0.25) is 10.1 Å². The van der Waals surface area contributed by atoms with Crippen LogP contribution in [-0.4, -0.2) is 9.91 Å². The molecule has 0 saturated heterocycles. The Morgan fingerprint density at radius 1 is 1.54 bits per heavy atom. The lowest BCUT2D eigenvalue weighted by atomic mass is 10.3. The van der Waals surface area contributed by atoms with Gasteiger partial charge in [-0.25, -0.2) is 0 Å². The maximum absolute atomic E-state index is 10.4. The van der Waals surface area contributed by atoms with Gasteiger partial charge in [0.05, 0.1) is 4.92 Å². The fourth-order valence-corrected chi connectivity index (χ4v) is 2.29. The minimum atomic E-state index is -0.401. The van der Waals surface area contributed by atoms with Gasteiger partial charge in [0, 0.05) is 28.7 Å². The quantitative estimate of drug-likeness (QED) is 0.399. The lowest BCUT2D eigenvalue weighted by Crippen LogP contribution is -1.86. The molecular weight excluding hydrogens is 188 g/mol. The zero-order chi connectivity index (χ0) is 9.42. The number of nitro benzene ring substituents is 1. The Kier molecular flexibility index (Phi) is 1.73. The van der Waals surface area contributed by atoms with Gasteiger partial charge < -0.3 is 0 Å². The summed E-state index contributed by atoms with van der Waals surface area (Å²) in [6.45, 7) is 0. The third-order valence-corrected chi connectivity index (χ3v) is 3.31. The van der Waals surface area contributed by atoms with Crippen molar-refractivity contribution in [3.05, 3.63) is 33.8 Å². The molecule has 2 aromatic rings. The fourth-order valence-electron chi connectivity index (χ4n) is 1.19. The Labute approximate surface area is 77.0 Å². The number of hydrogen-bond acceptors (Lipinski definition) is 3. The largest absolute Gasteiger partial charge is 0.272 e. The predicted octanol–water partition coefficient (Wildman–Crippen LogP) is 2.43. The Bertz CT molecular complexity index is 478. The molecule has 1 aromatic heterocycles. The second-order valence-corrected chi connectivity index (χ2v) is 4.47. The third kappa shape index (κ3) is 1.27. The van der Waals surface area contributed by atoms with Crippen molar-refractivity contribution >= 4 is 26.4 Å². The molecule has 1 heterocycles. The number of fused-ring (bicyclic) bond motifs is 1. The van der Waals surface area contributed by atoms with Crippen molar-refractivity contribution in [1.29, 1.82) is 0 Å². The first-order valence-electron chi connectivity index (χ1n) is 3.66. The standard InChI is InChI=1S/C8H7N2O2S/c1-13-5-9-7-4-6(10(11)12)2-3-8(7)13/h2-5H,1H3/q+1. The first-order chi connectivity index (χ1) is 6.18. The van der Waals surface area contributed by atoms with Crippen LogP contribution in [0.25, 0.3) is 10.2 Å². The molecular formula is C8H7N2O2S+. The summed E-state index contributed by atoms with van der Waals surface area (Å²) in [6.07, 6.45) is 2.04. The van der Waals surface area contributed by atoms with Crippen molar-refractivity contribution < 1.29 is 4.92 Å². The molecule has 66 valence electrons. The van der Waals surface area contributed by atoms with Crippen molar-refractivity contribution in [1.82, 2.24) is 4.98 Å². The topological polar surface area (TPSA) is 56.0 Å². The van der Waals surface area contributed by atoms with Crippen LogP contribution in [0, 0.1) is 10.1 Å². The van der Waals surface area contributed by atoms with E-state index in [1.807, 2.05) is 11.8 Å². The maximum atomic E-state index is 10.4. The number of benzene rings is 1. The normalized spacial score (nSPS) is 11.9. The van der Waals surface area contributed by atoms with Crippen molar-refractivity contribution in [3.8, 4) is 0 Å². The summed E-state index contributed by atoms with van der Waals surface area (Å²) >= 11 is 0. The lowest BCUT2D eigenvalue weighted by Gasteiger charge is -1.87. The first-order valence-corrected chi connectivity index (χ1v) is 5.35. The van der Waals surface area contributed by atoms with Crippen LogP contribution in [0.5, 0.6) is 0 Å². The second-order valence-electron chi connectivity index (χ2n) is 2.70. The molecule has 5 heteroatoms. The van der Waals surface area contributed by atoms with E-state index in [4.69, 9.17) is 0 Å². The van der Waals surface area contributed by atoms with Crippen LogP contribution in [0.15, 0.2) is 23.7 Å². The molecule has 0 fully saturated rings. The van der Waals surface area contributed by atoms with E-state index in [0.29, 0.717) is 0 Å². The number of hydrogen-bond donors (Lipinski definition) is 0. The number of nitrogens with zero attached hydrogens (tertiary/aromatic N) is 2. The highest BCUT2D eigenvalue weighted by molar-refractivity contribution is 7.33. The summed E-state index contributed by atoms with van der Waals surface area (Å²) in [5, 5.41) is 10.4. The molecule has 0 radical (unpaired) electrons. The van der Waals surface area contributed by atoms with Crippen LogP contribution in [0.2, 0.25) is 0 Å². The number of thiazole rings is 1. The lowest BCUT2D eigenvalue weighted by molar-refractivity contribution is -0.384. The van der Waals surface area contributed by atoms with Gasteiger partial charge in [0.25, 0.3) is 5.69 Å². The van der Waals surface area contributed by atoms with Gasteiger partial charge in [-0.05, 0) is 0 Å². The number of rotatable bonds is 1. The van der Waals surface area contributed by atoms with E-state index in [0.717, 1.165) is 10.2 Å². The first kappa shape index (κ1) is 8.12. The van der Waals surface area contributed by atoms with Crippen LogP contribution in [0.4, 0.5) is 5.69 Å². The summed E-state index contributed by atoms with van der Waals surface area (Å²) in [4.78, 5) is 14.1. The zero-order valence-corrected chi connectivity index (χ0v) is 7.75. The van der Waals surface area contributed by atoms with Crippen molar-refractivity contribution in [2.45, 2.75) is 0 Å². The predicted molar refractivity (Wildman–Crippen MR) is 51.9 cm³/mol. The Balaban J connectivity index is 2.70. The van der Waals surface area contributed by atoms with Gasteiger partial charge in [0.1, 0.15) is 11.8 Å². The van der Waals surface area contributed by atoms with E-state index in [1.54, 1.807) is 6.07 Å². The van der Waals surface area contributed by atoms with Crippen LogP contribution in [-0.2, 0) is 6.26 Å². The highest BCUT2D eigenvalue weighted by Crippen LogP contribution is 2.28. The summed E-state index contributed by atoms with van der Waals surface area (Å²) in [5.41, 5.74) is 2.67. The minimum absolute atomic E-state index is 0.0165. The van der Waals surface area contributed by atoms with Gasteiger partial charge in [0.2, 0.25) is 10.2 Å². The molecule has 1 aromatic carbocycles. The Morgan fingerprint density at radius 2 is 2.31 bits per heavy atom. The van der Waals surface area contributed by atoms with E-state index in [9.17, 15) is 10.1 Å². The summed E-state index contributed by atoms with van der Waals surface area (Å²) in [5.74, 6) is 0. The molecule has 0 aliphatic carbocycles. The average Bonchev–Trinajstić information content (AvgIpc) is 2.47. The molecule has 0 aliphatic rings. The van der Waals surface area contributed by atoms with E-state index in [2.05, 4.69) is 4.98 Å². The van der Waals surface area contributed by atoms with Gasteiger partial charge in [-0.1, -0.05) is 0 Å². The smallest absolute Gasteiger partial charge is 0.258 e. The van der Waals surface area contributed by atoms with Crippen LogP contribution >= 0.6 is 10.5 Å². The SMILES string of the molecule is C[s+]1cnc2cc([N+](=O)[O-])ccc21. The molecule has 1 atom stereocenters. The Morgan fingerprint density at radius 3 is 3.00 bits per heavy atom. The van der Waals surface area contributed by atoms with Crippen LogP contribution in [0.3, 0.4) is 0 Å². The zero-order valence-electron chi connectivity index (χ0n) is 6.93. The minimum Gasteiger partial charge on any atom is -0.258 e. The molecule has 0 spiro atoms. The van der Waals surface area contributed by atoms with E-state index < -0.39 is 4.92 Å². The van der Waals surface area contributed by atoms with Crippen molar-refractivity contribution in [2.24, 2.45) is 6.26 Å². The summed E-state index contributed by atoms with van der Waals surface area (Å²) < 4.78 is 1.09. The Hall–Kier alpha value is -1.49. The van der Waals surface area contributed by atoms with Crippen LogP contribution < -0.4 is 0 Å². The number of nitro groups is 1. The highest BCUT2D eigenvalue weighted by Gasteiger charge is 2.13. The molecule has 0 N–H and O–H groups in total.